The number of fused-ring (bicyclic) bond motifs is 1. The summed E-state index contributed by atoms with van der Waals surface area (Å²) in [5.41, 5.74) is 8.58. The van der Waals surface area contributed by atoms with Crippen molar-refractivity contribution in [2.24, 2.45) is 0 Å². The Hall–Kier alpha value is -4.78. The molecule has 5 rings (SSSR count). The predicted molar refractivity (Wildman–Crippen MR) is 131 cm³/mol. The lowest BCUT2D eigenvalue weighted by Gasteiger charge is -2.31. The molecular formula is C26H22FN7O2. The third kappa shape index (κ3) is 4.22. The van der Waals surface area contributed by atoms with Crippen molar-refractivity contribution in [3.8, 4) is 29.1 Å². The second kappa shape index (κ2) is 9.46. The van der Waals surface area contributed by atoms with Gasteiger partial charge in [0.1, 0.15) is 5.82 Å². The molecule has 4 heterocycles. The summed E-state index contributed by atoms with van der Waals surface area (Å²) in [5, 5.41) is 9.05. The Balaban J connectivity index is 1.52. The summed E-state index contributed by atoms with van der Waals surface area (Å²) in [6, 6.07) is 11.2. The summed E-state index contributed by atoms with van der Waals surface area (Å²) in [6.07, 6.45) is 6.03. The third-order valence-corrected chi connectivity index (χ3v) is 6.17. The predicted octanol–water partition coefficient (Wildman–Crippen LogP) is 4.07. The summed E-state index contributed by atoms with van der Waals surface area (Å²) in [7, 11) is 0. The van der Waals surface area contributed by atoms with Crippen molar-refractivity contribution in [3.05, 3.63) is 78.5 Å². The number of nitriles is 1. The first-order chi connectivity index (χ1) is 17.5. The smallest absolute Gasteiger partial charge is 0.245 e. The van der Waals surface area contributed by atoms with E-state index in [9.17, 15) is 4.79 Å². The number of pyridine rings is 1. The first kappa shape index (κ1) is 23.0. The highest BCUT2D eigenvalue weighted by atomic mass is 19.1. The van der Waals surface area contributed by atoms with Gasteiger partial charge in [0.15, 0.2) is 11.6 Å². The largest absolute Gasteiger partial charge is 0.436 e. The number of nitrogens with zero attached hydrogens (tertiary/aromatic N) is 6. The van der Waals surface area contributed by atoms with Gasteiger partial charge in [0.25, 0.3) is 0 Å². The average Bonchev–Trinajstić information content (AvgIpc) is 3.30. The molecule has 9 nitrogen and oxygen atoms in total. The van der Waals surface area contributed by atoms with Crippen molar-refractivity contribution in [1.29, 1.82) is 5.26 Å². The van der Waals surface area contributed by atoms with Gasteiger partial charge in [-0.1, -0.05) is 6.58 Å². The molecule has 10 heteroatoms. The summed E-state index contributed by atoms with van der Waals surface area (Å²) in [4.78, 5) is 27.0. The molecule has 1 aliphatic heterocycles. The van der Waals surface area contributed by atoms with Crippen LogP contribution in [0.4, 0.5) is 10.3 Å². The van der Waals surface area contributed by atoms with Gasteiger partial charge in [-0.15, -0.1) is 0 Å². The van der Waals surface area contributed by atoms with Crippen LogP contribution >= 0.6 is 0 Å². The summed E-state index contributed by atoms with van der Waals surface area (Å²) in [6.45, 7) is 4.77. The zero-order chi connectivity index (χ0) is 25.2. The number of amides is 1. The van der Waals surface area contributed by atoms with E-state index < -0.39 is 5.82 Å². The van der Waals surface area contributed by atoms with E-state index >= 15 is 4.39 Å². The van der Waals surface area contributed by atoms with Gasteiger partial charge in [-0.3, -0.25) is 9.20 Å². The van der Waals surface area contributed by atoms with Crippen LogP contribution in [0, 0.1) is 17.1 Å². The Morgan fingerprint density at radius 2 is 2.08 bits per heavy atom. The maximum atomic E-state index is 15.1. The number of hydrogen-bond acceptors (Lipinski definition) is 7. The van der Waals surface area contributed by atoms with Gasteiger partial charge < -0.3 is 15.4 Å². The van der Waals surface area contributed by atoms with Gasteiger partial charge in [0.05, 0.1) is 22.8 Å². The van der Waals surface area contributed by atoms with Crippen LogP contribution in [0.1, 0.15) is 30.0 Å². The van der Waals surface area contributed by atoms with Crippen molar-refractivity contribution in [1.82, 2.24) is 24.3 Å². The van der Waals surface area contributed by atoms with Gasteiger partial charge >= 0.3 is 0 Å². The lowest BCUT2D eigenvalue weighted by atomic mass is 9.94. The molecule has 0 saturated carbocycles. The van der Waals surface area contributed by atoms with E-state index in [1.54, 1.807) is 21.6 Å². The lowest BCUT2D eigenvalue weighted by Crippen LogP contribution is -2.38. The van der Waals surface area contributed by atoms with Gasteiger partial charge in [0, 0.05) is 43.0 Å². The molecule has 180 valence electrons. The topological polar surface area (TPSA) is 122 Å². The van der Waals surface area contributed by atoms with Crippen LogP contribution in [0.2, 0.25) is 0 Å². The molecule has 1 aliphatic rings. The number of likely N-dealkylation sites (tertiary alicyclic amines) is 1. The van der Waals surface area contributed by atoms with Crippen molar-refractivity contribution in [2.45, 2.75) is 18.8 Å². The van der Waals surface area contributed by atoms with Crippen LogP contribution < -0.4 is 10.5 Å². The normalized spacial score (nSPS) is 15.4. The minimum atomic E-state index is -0.627. The number of nitrogens with two attached hydrogens (primary N) is 1. The van der Waals surface area contributed by atoms with Crippen molar-refractivity contribution < 1.29 is 13.9 Å². The molecule has 0 bridgehead atoms. The van der Waals surface area contributed by atoms with Crippen molar-refractivity contribution in [2.75, 3.05) is 18.8 Å². The zero-order valence-electron chi connectivity index (χ0n) is 19.3. The molecule has 0 radical (unpaired) electrons. The molecule has 0 spiro atoms. The second-order valence-corrected chi connectivity index (χ2v) is 8.41. The molecular weight excluding hydrogens is 461 g/mol. The summed E-state index contributed by atoms with van der Waals surface area (Å²) >= 11 is 0. The number of carbonyl (C=O) groups excluding carboxylic acids is 1. The van der Waals surface area contributed by atoms with Gasteiger partial charge in [-0.2, -0.15) is 5.26 Å². The Bertz CT molecular complexity index is 1520. The monoisotopic (exact) mass is 483 g/mol. The van der Waals surface area contributed by atoms with Crippen LogP contribution in [0.15, 0.2) is 61.4 Å². The Morgan fingerprint density at radius 3 is 2.86 bits per heavy atom. The number of hydrogen-bond donors (Lipinski definition) is 1. The van der Waals surface area contributed by atoms with Crippen LogP contribution in [0.5, 0.6) is 11.6 Å². The molecule has 1 fully saturated rings. The van der Waals surface area contributed by atoms with E-state index in [1.807, 2.05) is 12.1 Å². The molecule has 3 aromatic heterocycles. The highest BCUT2D eigenvalue weighted by Gasteiger charge is 2.28. The molecule has 1 saturated heterocycles. The number of aromatic nitrogens is 4. The number of carbonyl (C=O) groups is 1. The fourth-order valence-electron chi connectivity index (χ4n) is 4.48. The number of imidazole rings is 1. The number of halogens is 1. The number of nitrogen functional groups attached to an aromatic ring is 1. The summed E-state index contributed by atoms with van der Waals surface area (Å²) in [5.74, 6) is -0.0331. The number of ether oxygens (including phenoxy) is 1. The Morgan fingerprint density at radius 1 is 1.25 bits per heavy atom. The summed E-state index contributed by atoms with van der Waals surface area (Å²) < 4.78 is 22.3. The lowest BCUT2D eigenvalue weighted by molar-refractivity contribution is -0.127. The fourth-order valence-corrected chi connectivity index (χ4v) is 4.48. The standard InChI is InChI=1S/C26H22FN7O2/c1-2-23(35)33-11-3-4-18(15-33)24-20-8-10-31-26(29)34(20)25(32-24)17-5-6-21(19(27)13-17)36-22-12-16(14-28)7-9-30-22/h2,5-10,12-13,18H,1,3-4,11,15H2,(H2,29,31). The van der Waals surface area contributed by atoms with Crippen LogP contribution in [0.25, 0.3) is 16.9 Å². The van der Waals surface area contributed by atoms with Crippen molar-refractivity contribution >= 4 is 17.4 Å². The van der Waals surface area contributed by atoms with E-state index in [1.165, 1.54) is 36.5 Å². The minimum Gasteiger partial charge on any atom is -0.436 e. The van der Waals surface area contributed by atoms with E-state index in [0.29, 0.717) is 30.0 Å². The van der Waals surface area contributed by atoms with E-state index in [2.05, 4.69) is 16.5 Å². The molecule has 4 aromatic rings. The zero-order valence-corrected chi connectivity index (χ0v) is 19.3. The first-order valence-corrected chi connectivity index (χ1v) is 11.4. The Kier molecular flexibility index (Phi) is 6.04. The van der Waals surface area contributed by atoms with E-state index in [4.69, 9.17) is 20.7 Å². The maximum absolute atomic E-state index is 15.1. The average molecular weight is 484 g/mol. The van der Waals surface area contributed by atoms with Crippen molar-refractivity contribution in [3.63, 3.8) is 0 Å². The number of anilines is 1. The fraction of sp³-hybridized carbons (Fsp3) is 0.192. The van der Waals surface area contributed by atoms with Crippen LogP contribution in [-0.2, 0) is 4.79 Å². The number of benzene rings is 1. The van der Waals surface area contributed by atoms with Gasteiger partial charge in [-0.25, -0.2) is 19.3 Å². The Labute approximate surface area is 206 Å². The second-order valence-electron chi connectivity index (χ2n) is 8.41. The molecule has 1 amide bonds. The van der Waals surface area contributed by atoms with Crippen LogP contribution in [0.3, 0.4) is 0 Å². The highest BCUT2D eigenvalue weighted by Crippen LogP contribution is 2.35. The molecule has 2 N–H and O–H groups in total. The minimum absolute atomic E-state index is 0.0147. The third-order valence-electron chi connectivity index (χ3n) is 6.17. The van der Waals surface area contributed by atoms with E-state index in [-0.39, 0.29) is 29.4 Å². The van der Waals surface area contributed by atoms with Crippen LogP contribution in [-0.4, -0.2) is 43.2 Å². The SMILES string of the molecule is C=CC(=O)N1CCCC(c2nc(-c3ccc(Oc4cc(C#N)ccn4)c(F)c3)n3c(N)nccc23)C1. The molecule has 1 aromatic carbocycles. The quantitative estimate of drug-likeness (QED) is 0.425. The molecule has 36 heavy (non-hydrogen) atoms. The molecule has 0 aliphatic carbocycles. The first-order valence-electron chi connectivity index (χ1n) is 11.4. The maximum Gasteiger partial charge on any atom is 0.245 e. The van der Waals surface area contributed by atoms with Gasteiger partial charge in [-0.05, 0) is 49.2 Å². The molecule has 1 unspecified atom stereocenters. The highest BCUT2D eigenvalue weighted by molar-refractivity contribution is 5.87. The number of rotatable bonds is 5. The number of piperidine rings is 1. The molecule has 1 atom stereocenters. The van der Waals surface area contributed by atoms with E-state index in [0.717, 1.165) is 24.1 Å². The van der Waals surface area contributed by atoms with Gasteiger partial charge in [0.2, 0.25) is 17.7 Å².